The number of thioether (sulfide) groups is 1. The molecule has 0 atom stereocenters. The first kappa shape index (κ1) is 7.42. The molecule has 1 aromatic rings. The van der Waals surface area contributed by atoms with Crippen molar-refractivity contribution in [3.05, 3.63) is 15.2 Å². The van der Waals surface area contributed by atoms with Gasteiger partial charge in [-0.2, -0.15) is 11.8 Å². The first-order valence-electron chi connectivity index (χ1n) is 3.19. The molecule has 11 heavy (non-hydrogen) atoms. The van der Waals surface area contributed by atoms with Crippen LogP contribution >= 0.6 is 27.7 Å². The zero-order valence-corrected chi connectivity index (χ0v) is 7.98. The van der Waals surface area contributed by atoms with Crippen LogP contribution < -0.4 is 5.69 Å². The molecule has 1 aliphatic rings. The minimum Gasteiger partial charge on any atom is -0.283 e. The molecule has 2 heterocycles. The van der Waals surface area contributed by atoms with E-state index in [1.807, 2.05) is 11.8 Å². The second kappa shape index (κ2) is 2.67. The van der Waals surface area contributed by atoms with Crippen molar-refractivity contribution in [3.8, 4) is 0 Å². The van der Waals surface area contributed by atoms with Gasteiger partial charge in [0.15, 0.2) is 4.73 Å². The van der Waals surface area contributed by atoms with E-state index >= 15 is 0 Å². The van der Waals surface area contributed by atoms with Gasteiger partial charge in [0, 0.05) is 11.5 Å². The topological polar surface area (TPSA) is 50.7 Å². The van der Waals surface area contributed by atoms with Crippen LogP contribution in [0.2, 0.25) is 0 Å². The summed E-state index contributed by atoms with van der Waals surface area (Å²) in [7, 11) is 0. The molecule has 0 aromatic carbocycles. The Kier molecular flexibility index (Phi) is 1.80. The number of rotatable bonds is 1. The molecule has 2 rings (SSSR count). The van der Waals surface area contributed by atoms with Gasteiger partial charge in [-0.3, -0.25) is 4.98 Å². The molecular formula is C5H6BrN3OS. The summed E-state index contributed by atoms with van der Waals surface area (Å²) < 4.78 is 2.01. The average molecular weight is 236 g/mol. The Morgan fingerprint density at radius 3 is 2.82 bits per heavy atom. The van der Waals surface area contributed by atoms with Crippen LogP contribution in [0.15, 0.2) is 9.53 Å². The number of hydrogen-bond donors (Lipinski definition) is 1. The minimum absolute atomic E-state index is 0.123. The van der Waals surface area contributed by atoms with Crippen LogP contribution in [0.25, 0.3) is 0 Å². The zero-order valence-electron chi connectivity index (χ0n) is 5.58. The van der Waals surface area contributed by atoms with Gasteiger partial charge in [-0.1, -0.05) is 0 Å². The number of aromatic amines is 1. The SMILES string of the molecule is O=c1[nH]c(Br)nn1C1CSC1. The predicted molar refractivity (Wildman–Crippen MR) is 46.9 cm³/mol. The first-order chi connectivity index (χ1) is 5.27. The third-order valence-corrected chi connectivity index (χ3v) is 3.18. The Balaban J connectivity index is 2.35. The van der Waals surface area contributed by atoms with Crippen LogP contribution in [0.1, 0.15) is 6.04 Å². The Morgan fingerprint density at radius 1 is 1.73 bits per heavy atom. The van der Waals surface area contributed by atoms with E-state index in [0.29, 0.717) is 10.8 Å². The van der Waals surface area contributed by atoms with Gasteiger partial charge in [-0.05, 0) is 15.9 Å². The van der Waals surface area contributed by atoms with Gasteiger partial charge in [0.1, 0.15) is 0 Å². The minimum atomic E-state index is -0.123. The van der Waals surface area contributed by atoms with E-state index in [1.54, 1.807) is 0 Å². The lowest BCUT2D eigenvalue weighted by Crippen LogP contribution is -2.31. The second-order valence-electron chi connectivity index (χ2n) is 2.36. The van der Waals surface area contributed by atoms with E-state index in [2.05, 4.69) is 26.0 Å². The molecule has 0 aliphatic carbocycles. The van der Waals surface area contributed by atoms with E-state index in [0.717, 1.165) is 11.5 Å². The van der Waals surface area contributed by atoms with Crippen LogP contribution in [-0.4, -0.2) is 26.3 Å². The summed E-state index contributed by atoms with van der Waals surface area (Å²) in [6.07, 6.45) is 0. The maximum Gasteiger partial charge on any atom is 0.344 e. The number of hydrogen-bond acceptors (Lipinski definition) is 3. The van der Waals surface area contributed by atoms with Crippen molar-refractivity contribution >= 4 is 27.7 Å². The van der Waals surface area contributed by atoms with E-state index in [9.17, 15) is 4.79 Å². The number of nitrogens with one attached hydrogen (secondary N) is 1. The average Bonchev–Trinajstić information content (AvgIpc) is 2.07. The molecule has 0 amide bonds. The molecule has 60 valence electrons. The molecule has 0 bridgehead atoms. The summed E-state index contributed by atoms with van der Waals surface area (Å²) in [5, 5.41) is 3.98. The number of nitrogens with zero attached hydrogens (tertiary/aromatic N) is 2. The van der Waals surface area contributed by atoms with Gasteiger partial charge in [-0.25, -0.2) is 9.48 Å². The normalized spacial score (nSPS) is 18.3. The Bertz CT molecular complexity index is 316. The molecule has 1 aliphatic heterocycles. The Morgan fingerprint density at radius 2 is 2.45 bits per heavy atom. The van der Waals surface area contributed by atoms with E-state index in [4.69, 9.17) is 0 Å². The van der Waals surface area contributed by atoms with Crippen molar-refractivity contribution in [2.45, 2.75) is 6.04 Å². The maximum atomic E-state index is 11.1. The van der Waals surface area contributed by atoms with E-state index < -0.39 is 0 Å². The molecule has 6 heteroatoms. The largest absolute Gasteiger partial charge is 0.344 e. The van der Waals surface area contributed by atoms with Crippen LogP contribution in [-0.2, 0) is 0 Å². The summed E-state index contributed by atoms with van der Waals surface area (Å²) in [5.74, 6) is 1.99. The molecule has 1 saturated heterocycles. The third-order valence-electron chi connectivity index (χ3n) is 1.58. The molecule has 1 N–H and O–H groups in total. The van der Waals surface area contributed by atoms with Crippen LogP contribution in [0.5, 0.6) is 0 Å². The quantitative estimate of drug-likeness (QED) is 0.777. The van der Waals surface area contributed by atoms with Gasteiger partial charge in [-0.15, -0.1) is 5.10 Å². The van der Waals surface area contributed by atoms with Gasteiger partial charge in [0.25, 0.3) is 0 Å². The van der Waals surface area contributed by atoms with Crippen molar-refractivity contribution in [3.63, 3.8) is 0 Å². The van der Waals surface area contributed by atoms with E-state index in [-0.39, 0.29) is 5.69 Å². The van der Waals surface area contributed by atoms with Crippen molar-refractivity contribution in [2.75, 3.05) is 11.5 Å². The molecule has 1 fully saturated rings. The second-order valence-corrected chi connectivity index (χ2v) is 4.18. The lowest BCUT2D eigenvalue weighted by atomic mass is 10.4. The first-order valence-corrected chi connectivity index (χ1v) is 5.14. The molecule has 0 spiro atoms. The molecule has 1 aromatic heterocycles. The molecule has 0 unspecified atom stereocenters. The summed E-state index contributed by atoms with van der Waals surface area (Å²) in [6.45, 7) is 0. The maximum absolute atomic E-state index is 11.1. The lowest BCUT2D eigenvalue weighted by molar-refractivity contribution is 0.507. The molecule has 4 nitrogen and oxygen atoms in total. The van der Waals surface area contributed by atoms with Crippen molar-refractivity contribution < 1.29 is 0 Å². The van der Waals surface area contributed by atoms with Crippen molar-refractivity contribution in [2.24, 2.45) is 0 Å². The highest BCUT2D eigenvalue weighted by molar-refractivity contribution is 9.10. The smallest absolute Gasteiger partial charge is 0.283 e. The standard InChI is InChI=1S/C5H6BrN3OS/c6-4-7-5(10)9(8-4)3-1-11-2-3/h3H,1-2H2,(H,7,8,10). The highest BCUT2D eigenvalue weighted by Crippen LogP contribution is 2.27. The Hall–Kier alpha value is -0.230. The summed E-state index contributed by atoms with van der Waals surface area (Å²) in [6, 6.07) is 0.301. The van der Waals surface area contributed by atoms with Crippen LogP contribution in [0.3, 0.4) is 0 Å². The predicted octanol–water partition coefficient (Wildman–Crippen LogP) is 0.622. The summed E-state index contributed by atoms with van der Waals surface area (Å²) in [5.41, 5.74) is -0.123. The van der Waals surface area contributed by atoms with Gasteiger partial charge in [0.2, 0.25) is 0 Å². The molecular weight excluding hydrogens is 230 g/mol. The fourth-order valence-electron chi connectivity index (χ4n) is 0.922. The fraction of sp³-hybridized carbons (Fsp3) is 0.600. The third kappa shape index (κ3) is 1.24. The number of H-pyrrole nitrogens is 1. The van der Waals surface area contributed by atoms with E-state index in [1.165, 1.54) is 4.68 Å². The number of halogens is 1. The van der Waals surface area contributed by atoms with Crippen LogP contribution in [0, 0.1) is 0 Å². The Labute approximate surface area is 75.5 Å². The monoisotopic (exact) mass is 235 g/mol. The van der Waals surface area contributed by atoms with Crippen molar-refractivity contribution in [1.29, 1.82) is 0 Å². The van der Waals surface area contributed by atoms with Crippen molar-refractivity contribution in [1.82, 2.24) is 14.8 Å². The lowest BCUT2D eigenvalue weighted by Gasteiger charge is -2.23. The van der Waals surface area contributed by atoms with Gasteiger partial charge in [0.05, 0.1) is 6.04 Å². The van der Waals surface area contributed by atoms with Crippen LogP contribution in [0.4, 0.5) is 0 Å². The summed E-state index contributed by atoms with van der Waals surface area (Å²) >= 11 is 4.94. The zero-order chi connectivity index (χ0) is 7.84. The highest BCUT2D eigenvalue weighted by atomic mass is 79.9. The van der Waals surface area contributed by atoms with Gasteiger partial charge < -0.3 is 0 Å². The molecule has 0 saturated carbocycles. The highest BCUT2D eigenvalue weighted by Gasteiger charge is 2.23. The fourth-order valence-corrected chi connectivity index (χ4v) is 1.99. The van der Waals surface area contributed by atoms with Gasteiger partial charge >= 0.3 is 5.69 Å². The summed E-state index contributed by atoms with van der Waals surface area (Å²) in [4.78, 5) is 13.6. The number of aromatic nitrogens is 3. The molecule has 0 radical (unpaired) electrons.